The fourth-order valence-electron chi connectivity index (χ4n) is 2.19. The van der Waals surface area contributed by atoms with E-state index in [0.717, 1.165) is 0 Å². The Morgan fingerprint density at radius 2 is 1.72 bits per heavy atom. The van der Waals surface area contributed by atoms with Gasteiger partial charge in [-0.15, -0.1) is 0 Å². The van der Waals surface area contributed by atoms with Gasteiger partial charge in [-0.3, -0.25) is 4.79 Å². The highest BCUT2D eigenvalue weighted by Gasteiger charge is 2.17. The van der Waals surface area contributed by atoms with Gasteiger partial charge in [0, 0.05) is 5.56 Å². The molecule has 0 aliphatic rings. The Morgan fingerprint density at radius 1 is 1.00 bits per heavy atom. The van der Waals surface area contributed by atoms with Gasteiger partial charge in [0.15, 0.2) is 9.84 Å². The molecule has 0 spiro atoms. The number of hydrogen-bond donors (Lipinski definition) is 0. The lowest BCUT2D eigenvalue weighted by Gasteiger charge is -2.11. The zero-order valence-electron chi connectivity index (χ0n) is 14.1. The van der Waals surface area contributed by atoms with E-state index in [4.69, 9.17) is 14.2 Å². The first-order valence-corrected chi connectivity index (χ1v) is 9.26. The van der Waals surface area contributed by atoms with E-state index in [9.17, 15) is 13.2 Å². The molecule has 7 heteroatoms. The molecule has 0 unspecified atom stereocenters. The summed E-state index contributed by atoms with van der Waals surface area (Å²) in [4.78, 5) is 12.1. The van der Waals surface area contributed by atoms with Crippen LogP contribution in [0.2, 0.25) is 0 Å². The Bertz CT molecular complexity index is 815. The molecule has 0 heterocycles. The normalized spacial score (nSPS) is 11.0. The molecule has 0 bridgehead atoms. The van der Waals surface area contributed by atoms with Gasteiger partial charge in [-0.1, -0.05) is 18.2 Å². The summed E-state index contributed by atoms with van der Waals surface area (Å²) >= 11 is 0. The third-order valence-corrected chi connectivity index (χ3v) is 5.29. The topological polar surface area (TPSA) is 78.9 Å². The number of hydrogen-bond acceptors (Lipinski definition) is 6. The number of rotatable bonds is 8. The van der Waals surface area contributed by atoms with Gasteiger partial charge >= 0.3 is 5.97 Å². The van der Waals surface area contributed by atoms with Crippen LogP contribution in [0.5, 0.6) is 11.5 Å². The molecule has 0 saturated carbocycles. The standard InChI is InChI=1S/C18H20O6S/c1-22-15-8-9-17(23-2)14(12-15)13-24-18(19)10-11-25(20,21)16-6-4-3-5-7-16/h3-9,12H,10-11,13H2,1-2H3. The van der Waals surface area contributed by atoms with Gasteiger partial charge in [-0.25, -0.2) is 8.42 Å². The van der Waals surface area contributed by atoms with E-state index < -0.39 is 15.8 Å². The number of ether oxygens (including phenoxy) is 3. The first-order chi connectivity index (χ1) is 12.0. The molecule has 134 valence electrons. The van der Waals surface area contributed by atoms with Crippen molar-refractivity contribution >= 4 is 15.8 Å². The molecule has 2 aromatic carbocycles. The maximum atomic E-state index is 12.2. The molecule has 0 N–H and O–H groups in total. The molecule has 0 radical (unpaired) electrons. The van der Waals surface area contributed by atoms with Crippen LogP contribution < -0.4 is 9.47 Å². The van der Waals surface area contributed by atoms with Crippen LogP contribution in [0.4, 0.5) is 0 Å². The van der Waals surface area contributed by atoms with E-state index in [0.29, 0.717) is 17.1 Å². The Morgan fingerprint density at radius 3 is 2.36 bits per heavy atom. The molecule has 0 aliphatic carbocycles. The van der Waals surface area contributed by atoms with Crippen molar-refractivity contribution in [2.45, 2.75) is 17.9 Å². The van der Waals surface area contributed by atoms with Crippen molar-refractivity contribution in [2.24, 2.45) is 0 Å². The molecule has 0 aromatic heterocycles. The van der Waals surface area contributed by atoms with Gasteiger partial charge in [-0.2, -0.15) is 0 Å². The Balaban J connectivity index is 1.93. The van der Waals surface area contributed by atoms with E-state index in [1.807, 2.05) is 0 Å². The van der Waals surface area contributed by atoms with E-state index in [2.05, 4.69) is 0 Å². The predicted molar refractivity (Wildman–Crippen MR) is 92.5 cm³/mol. The van der Waals surface area contributed by atoms with Crippen LogP contribution >= 0.6 is 0 Å². The second kappa shape index (κ2) is 8.53. The zero-order valence-corrected chi connectivity index (χ0v) is 14.9. The van der Waals surface area contributed by atoms with Crippen molar-refractivity contribution in [3.63, 3.8) is 0 Å². The molecule has 0 atom stereocenters. The largest absolute Gasteiger partial charge is 0.497 e. The summed E-state index contributed by atoms with van der Waals surface area (Å²) in [5.74, 6) is 0.277. The molecule has 25 heavy (non-hydrogen) atoms. The van der Waals surface area contributed by atoms with Gasteiger partial charge in [0.25, 0.3) is 0 Å². The monoisotopic (exact) mass is 364 g/mol. The van der Waals surface area contributed by atoms with E-state index in [1.54, 1.807) is 36.4 Å². The number of carbonyl (C=O) groups excluding carboxylic acids is 1. The second-order valence-corrected chi connectivity index (χ2v) is 7.33. The molecular weight excluding hydrogens is 344 g/mol. The van der Waals surface area contributed by atoms with E-state index in [-0.39, 0.29) is 23.7 Å². The highest BCUT2D eigenvalue weighted by Crippen LogP contribution is 2.24. The average molecular weight is 364 g/mol. The number of esters is 1. The predicted octanol–water partition coefficient (Wildman–Crippen LogP) is 2.61. The minimum atomic E-state index is -3.51. The maximum absolute atomic E-state index is 12.2. The Hall–Kier alpha value is -2.54. The van der Waals surface area contributed by atoms with E-state index >= 15 is 0 Å². The van der Waals surface area contributed by atoms with Gasteiger partial charge in [0.2, 0.25) is 0 Å². The van der Waals surface area contributed by atoms with Crippen LogP contribution in [0.1, 0.15) is 12.0 Å². The van der Waals surface area contributed by atoms with Gasteiger partial charge < -0.3 is 14.2 Å². The second-order valence-electron chi connectivity index (χ2n) is 5.22. The number of sulfone groups is 1. The van der Waals surface area contributed by atoms with Crippen molar-refractivity contribution in [3.05, 3.63) is 54.1 Å². The van der Waals surface area contributed by atoms with Crippen LogP contribution in [-0.2, 0) is 26.0 Å². The molecule has 0 saturated heterocycles. The first-order valence-electron chi connectivity index (χ1n) is 7.60. The minimum Gasteiger partial charge on any atom is -0.497 e. The van der Waals surface area contributed by atoms with Crippen LogP contribution in [0, 0.1) is 0 Å². The molecular formula is C18H20O6S. The molecule has 0 aliphatic heterocycles. The molecule has 0 fully saturated rings. The summed E-state index contributed by atoms with van der Waals surface area (Å²) in [7, 11) is -0.460. The van der Waals surface area contributed by atoms with Crippen molar-refractivity contribution in [1.82, 2.24) is 0 Å². The smallest absolute Gasteiger partial charge is 0.307 e. The Labute approximate surface area is 147 Å². The summed E-state index contributed by atoms with van der Waals surface area (Å²) in [6.45, 7) is -0.0232. The fourth-order valence-corrected chi connectivity index (χ4v) is 3.43. The fraction of sp³-hybridized carbons (Fsp3) is 0.278. The minimum absolute atomic E-state index is 0.0232. The van der Waals surface area contributed by atoms with Crippen LogP contribution in [-0.4, -0.2) is 34.4 Å². The highest BCUT2D eigenvalue weighted by atomic mass is 32.2. The lowest BCUT2D eigenvalue weighted by atomic mass is 10.2. The summed E-state index contributed by atoms with van der Waals surface area (Å²) < 4.78 is 39.8. The SMILES string of the molecule is COc1ccc(OC)c(COC(=O)CCS(=O)(=O)c2ccccc2)c1. The first kappa shape index (κ1) is 18.8. The van der Waals surface area contributed by atoms with Crippen LogP contribution in [0.15, 0.2) is 53.4 Å². The summed E-state index contributed by atoms with van der Waals surface area (Å²) in [6, 6.07) is 13.2. The summed E-state index contributed by atoms with van der Waals surface area (Å²) in [5, 5.41) is 0. The van der Waals surface area contributed by atoms with Gasteiger partial charge in [0.05, 0.1) is 31.3 Å². The van der Waals surface area contributed by atoms with Crippen molar-refractivity contribution in [3.8, 4) is 11.5 Å². The maximum Gasteiger partial charge on any atom is 0.307 e. The summed E-state index contributed by atoms with van der Waals surface area (Å²) in [6.07, 6.45) is -0.219. The highest BCUT2D eigenvalue weighted by molar-refractivity contribution is 7.91. The van der Waals surface area contributed by atoms with Crippen LogP contribution in [0.25, 0.3) is 0 Å². The Kier molecular flexibility index (Phi) is 6.41. The molecule has 0 amide bonds. The van der Waals surface area contributed by atoms with Crippen LogP contribution in [0.3, 0.4) is 0 Å². The third kappa shape index (κ3) is 5.22. The third-order valence-electron chi connectivity index (χ3n) is 3.55. The lowest BCUT2D eigenvalue weighted by molar-refractivity contribution is -0.144. The molecule has 2 rings (SSSR count). The zero-order chi connectivity index (χ0) is 18.3. The van der Waals surface area contributed by atoms with Crippen molar-refractivity contribution < 1.29 is 27.4 Å². The average Bonchev–Trinajstić information content (AvgIpc) is 2.65. The number of methoxy groups -OCH3 is 2. The summed E-state index contributed by atoms with van der Waals surface area (Å²) in [5.41, 5.74) is 0.640. The quantitative estimate of drug-likeness (QED) is 0.670. The molecule has 2 aromatic rings. The lowest BCUT2D eigenvalue weighted by Crippen LogP contribution is -2.13. The van der Waals surface area contributed by atoms with E-state index in [1.165, 1.54) is 26.4 Å². The van der Waals surface area contributed by atoms with Crippen molar-refractivity contribution in [2.75, 3.05) is 20.0 Å². The van der Waals surface area contributed by atoms with Gasteiger partial charge in [-0.05, 0) is 30.3 Å². The van der Waals surface area contributed by atoms with Crippen molar-refractivity contribution in [1.29, 1.82) is 0 Å². The molecule has 6 nitrogen and oxygen atoms in total. The number of benzene rings is 2. The number of carbonyl (C=O) groups is 1. The van der Waals surface area contributed by atoms with Gasteiger partial charge in [0.1, 0.15) is 18.1 Å².